The number of aliphatic hydroxyl groups excluding tert-OH is 1. The minimum atomic E-state index is -0.0795. The minimum Gasteiger partial charge on any atom is -0.393 e. The van der Waals surface area contributed by atoms with E-state index in [-0.39, 0.29) is 11.5 Å². The van der Waals surface area contributed by atoms with Gasteiger partial charge in [-0.3, -0.25) is 4.79 Å². The number of carbonyl (C=O) groups is 1. The van der Waals surface area contributed by atoms with Crippen molar-refractivity contribution in [3.63, 3.8) is 0 Å². The lowest BCUT2D eigenvalue weighted by Gasteiger charge is -2.62. The summed E-state index contributed by atoms with van der Waals surface area (Å²) in [6.45, 7) is 7.30. The second kappa shape index (κ2) is 4.82. The number of aliphatic hydroxyl groups is 1. The SMILES string of the molecule is C[C@@H]1C[C@H]2CC(=O)CC[C@]2(C)[C@H]2CC[C@@]3(C)[C@@H](O)CC[C@H]3[C@H]12. The van der Waals surface area contributed by atoms with E-state index in [0.717, 1.165) is 43.4 Å². The molecule has 0 aromatic heterocycles. The van der Waals surface area contributed by atoms with E-state index < -0.39 is 0 Å². The molecule has 0 spiro atoms. The molecule has 4 fully saturated rings. The summed E-state index contributed by atoms with van der Waals surface area (Å²) in [6.07, 6.45) is 8.65. The topological polar surface area (TPSA) is 37.3 Å². The third kappa shape index (κ3) is 1.85. The zero-order valence-electron chi connectivity index (χ0n) is 14.5. The molecule has 0 unspecified atom stereocenters. The van der Waals surface area contributed by atoms with Gasteiger partial charge in [0.2, 0.25) is 0 Å². The summed E-state index contributed by atoms with van der Waals surface area (Å²) in [4.78, 5) is 12.0. The Morgan fingerprint density at radius 2 is 1.77 bits per heavy atom. The molecule has 0 bridgehead atoms. The molecule has 0 saturated heterocycles. The summed E-state index contributed by atoms with van der Waals surface area (Å²) in [5.41, 5.74) is 0.559. The first-order chi connectivity index (χ1) is 10.4. The van der Waals surface area contributed by atoms with Crippen LogP contribution in [0.25, 0.3) is 0 Å². The first-order valence-corrected chi connectivity index (χ1v) is 9.56. The second-order valence-corrected chi connectivity index (χ2v) is 9.59. The predicted octanol–water partition coefficient (Wildman–Crippen LogP) is 4.21. The van der Waals surface area contributed by atoms with Gasteiger partial charge in [0.25, 0.3) is 0 Å². The average molecular weight is 304 g/mol. The van der Waals surface area contributed by atoms with E-state index in [9.17, 15) is 9.90 Å². The molecular weight excluding hydrogens is 272 g/mol. The van der Waals surface area contributed by atoms with Gasteiger partial charge in [-0.25, -0.2) is 0 Å². The number of ketones is 1. The highest BCUT2D eigenvalue weighted by molar-refractivity contribution is 5.79. The van der Waals surface area contributed by atoms with Gasteiger partial charge in [0.05, 0.1) is 6.10 Å². The molecule has 8 atom stereocenters. The molecular formula is C20H32O2. The van der Waals surface area contributed by atoms with Crippen LogP contribution < -0.4 is 0 Å². The molecule has 0 aromatic carbocycles. The fraction of sp³-hybridized carbons (Fsp3) is 0.950. The maximum Gasteiger partial charge on any atom is 0.133 e. The number of hydrogen-bond donors (Lipinski definition) is 1. The van der Waals surface area contributed by atoms with E-state index in [1.54, 1.807) is 0 Å². The standard InChI is InChI=1S/C20H32O2/c1-12-10-13-11-14(21)6-8-19(13,2)16-7-9-20(3)15(18(12)16)4-5-17(20)22/h12-13,15-18,22H,4-11H2,1-3H3/t12-,13+,15+,16+,17+,18+,19+,20-/m1/s1. The molecule has 0 aliphatic heterocycles. The fourth-order valence-electron chi connectivity index (χ4n) is 7.40. The predicted molar refractivity (Wildman–Crippen MR) is 87.3 cm³/mol. The Hall–Kier alpha value is -0.370. The summed E-state index contributed by atoms with van der Waals surface area (Å²) in [5, 5.41) is 10.5. The van der Waals surface area contributed by atoms with Crippen molar-refractivity contribution < 1.29 is 9.90 Å². The highest BCUT2D eigenvalue weighted by atomic mass is 16.3. The second-order valence-electron chi connectivity index (χ2n) is 9.59. The Morgan fingerprint density at radius 1 is 1.05 bits per heavy atom. The van der Waals surface area contributed by atoms with Gasteiger partial charge < -0.3 is 5.11 Å². The van der Waals surface area contributed by atoms with Crippen molar-refractivity contribution in [2.75, 3.05) is 0 Å². The monoisotopic (exact) mass is 304 g/mol. The first-order valence-electron chi connectivity index (χ1n) is 9.56. The van der Waals surface area contributed by atoms with E-state index in [1.165, 1.54) is 25.7 Å². The van der Waals surface area contributed by atoms with Gasteiger partial charge in [0, 0.05) is 12.8 Å². The molecule has 0 radical (unpaired) electrons. The molecule has 124 valence electrons. The van der Waals surface area contributed by atoms with Gasteiger partial charge in [-0.15, -0.1) is 0 Å². The molecule has 4 aliphatic carbocycles. The summed E-state index contributed by atoms with van der Waals surface area (Å²) >= 11 is 0. The number of Topliss-reactive ketones (excluding diaryl/α,β-unsaturated/α-hetero) is 1. The Kier molecular flexibility index (Phi) is 3.32. The van der Waals surface area contributed by atoms with Crippen LogP contribution in [0.5, 0.6) is 0 Å². The van der Waals surface area contributed by atoms with Crippen molar-refractivity contribution in [1.29, 1.82) is 0 Å². The van der Waals surface area contributed by atoms with Crippen LogP contribution in [-0.4, -0.2) is 17.0 Å². The lowest BCUT2D eigenvalue weighted by molar-refractivity contribution is -0.153. The highest BCUT2D eigenvalue weighted by Crippen LogP contribution is 2.67. The summed E-state index contributed by atoms with van der Waals surface area (Å²) in [5.74, 6) is 4.14. The molecule has 4 aliphatic rings. The largest absolute Gasteiger partial charge is 0.393 e. The average Bonchev–Trinajstić information content (AvgIpc) is 2.77. The van der Waals surface area contributed by atoms with E-state index in [4.69, 9.17) is 0 Å². The van der Waals surface area contributed by atoms with Gasteiger partial charge in [-0.2, -0.15) is 0 Å². The van der Waals surface area contributed by atoms with Crippen LogP contribution in [0.15, 0.2) is 0 Å². The van der Waals surface area contributed by atoms with Crippen molar-refractivity contribution >= 4 is 5.78 Å². The quantitative estimate of drug-likeness (QED) is 0.728. The molecule has 22 heavy (non-hydrogen) atoms. The van der Waals surface area contributed by atoms with Crippen LogP contribution in [0.1, 0.15) is 72.1 Å². The smallest absolute Gasteiger partial charge is 0.133 e. The molecule has 0 amide bonds. The van der Waals surface area contributed by atoms with E-state index in [0.29, 0.717) is 23.0 Å². The Bertz CT molecular complexity index is 486. The molecule has 0 aromatic rings. The number of carbonyl (C=O) groups excluding carboxylic acids is 1. The van der Waals surface area contributed by atoms with E-state index >= 15 is 0 Å². The van der Waals surface area contributed by atoms with Gasteiger partial charge in [-0.1, -0.05) is 20.8 Å². The van der Waals surface area contributed by atoms with E-state index in [1.807, 2.05) is 0 Å². The third-order valence-electron chi connectivity index (χ3n) is 8.79. The lowest BCUT2D eigenvalue weighted by Crippen LogP contribution is -2.56. The highest BCUT2D eigenvalue weighted by Gasteiger charge is 2.61. The van der Waals surface area contributed by atoms with Crippen LogP contribution >= 0.6 is 0 Å². The molecule has 4 saturated carbocycles. The van der Waals surface area contributed by atoms with Gasteiger partial charge in [0.1, 0.15) is 5.78 Å². The van der Waals surface area contributed by atoms with E-state index in [2.05, 4.69) is 20.8 Å². The Balaban J connectivity index is 1.68. The minimum absolute atomic E-state index is 0.0795. The van der Waals surface area contributed by atoms with Crippen molar-refractivity contribution in [1.82, 2.24) is 0 Å². The maximum atomic E-state index is 12.0. The molecule has 1 N–H and O–H groups in total. The third-order valence-corrected chi connectivity index (χ3v) is 8.79. The summed E-state index contributed by atoms with van der Waals surface area (Å²) in [6, 6.07) is 0. The van der Waals surface area contributed by atoms with Crippen molar-refractivity contribution in [3.8, 4) is 0 Å². The normalized spacial score (nSPS) is 57.9. The zero-order valence-corrected chi connectivity index (χ0v) is 14.5. The van der Waals surface area contributed by atoms with Crippen LogP contribution in [0.4, 0.5) is 0 Å². The van der Waals surface area contributed by atoms with Crippen LogP contribution in [-0.2, 0) is 4.79 Å². The first kappa shape index (κ1) is 15.2. The molecule has 0 heterocycles. The number of fused-ring (bicyclic) bond motifs is 5. The van der Waals surface area contributed by atoms with Crippen LogP contribution in [0.3, 0.4) is 0 Å². The Labute approximate surface area is 135 Å². The number of rotatable bonds is 0. The van der Waals surface area contributed by atoms with Crippen LogP contribution in [0.2, 0.25) is 0 Å². The number of hydrogen-bond acceptors (Lipinski definition) is 2. The fourth-order valence-corrected chi connectivity index (χ4v) is 7.40. The van der Waals surface area contributed by atoms with Crippen molar-refractivity contribution in [3.05, 3.63) is 0 Å². The van der Waals surface area contributed by atoms with Crippen LogP contribution in [0, 0.1) is 40.4 Å². The summed E-state index contributed by atoms with van der Waals surface area (Å²) < 4.78 is 0. The lowest BCUT2D eigenvalue weighted by atomic mass is 9.43. The van der Waals surface area contributed by atoms with Gasteiger partial charge in [-0.05, 0) is 78.9 Å². The summed E-state index contributed by atoms with van der Waals surface area (Å²) in [7, 11) is 0. The maximum absolute atomic E-state index is 12.0. The Morgan fingerprint density at radius 3 is 2.55 bits per heavy atom. The molecule has 2 heteroatoms. The van der Waals surface area contributed by atoms with Gasteiger partial charge in [0.15, 0.2) is 0 Å². The zero-order chi connectivity index (χ0) is 15.7. The van der Waals surface area contributed by atoms with Gasteiger partial charge >= 0.3 is 0 Å². The molecule has 4 rings (SSSR count). The molecule has 2 nitrogen and oxygen atoms in total. The van der Waals surface area contributed by atoms with Crippen molar-refractivity contribution in [2.24, 2.45) is 40.4 Å². The van der Waals surface area contributed by atoms with Crippen molar-refractivity contribution in [2.45, 2.75) is 78.2 Å².